The summed E-state index contributed by atoms with van der Waals surface area (Å²) in [6.07, 6.45) is 4.44. The van der Waals surface area contributed by atoms with Crippen molar-refractivity contribution in [1.82, 2.24) is 9.80 Å². The van der Waals surface area contributed by atoms with Crippen molar-refractivity contribution < 1.29 is 13.9 Å². The van der Waals surface area contributed by atoms with Gasteiger partial charge < -0.3 is 9.64 Å². The lowest BCUT2D eigenvalue weighted by Crippen LogP contribution is -2.44. The molecule has 2 aliphatic heterocycles. The number of halogens is 1. The summed E-state index contributed by atoms with van der Waals surface area (Å²) in [6.45, 7) is 5.37. The third-order valence-corrected chi connectivity index (χ3v) is 6.76. The highest BCUT2D eigenvalue weighted by Crippen LogP contribution is 2.26. The first kappa shape index (κ1) is 19.4. The van der Waals surface area contributed by atoms with Crippen molar-refractivity contribution in [1.29, 1.82) is 0 Å². The quantitative estimate of drug-likeness (QED) is 0.710. The molecule has 2 aromatic rings. The molecule has 2 saturated heterocycles. The zero-order chi connectivity index (χ0) is 19.5. The van der Waals surface area contributed by atoms with Crippen molar-refractivity contribution in [3.8, 4) is 5.75 Å². The molecule has 1 aromatic heterocycles. The van der Waals surface area contributed by atoms with E-state index in [1.165, 1.54) is 18.9 Å². The smallest absolute Gasteiger partial charge is 0.257 e. The molecule has 2 atom stereocenters. The number of rotatable bonds is 6. The minimum absolute atomic E-state index is 0.143. The first-order chi connectivity index (χ1) is 13.6. The molecular formula is C22H27FN2O2S. The predicted molar refractivity (Wildman–Crippen MR) is 109 cm³/mol. The highest BCUT2D eigenvalue weighted by molar-refractivity contribution is 7.09. The Morgan fingerprint density at radius 1 is 1.25 bits per heavy atom. The fourth-order valence-electron chi connectivity index (χ4n) is 4.29. The lowest BCUT2D eigenvalue weighted by molar-refractivity contribution is 0.0692. The lowest BCUT2D eigenvalue weighted by atomic mass is 10.1. The first-order valence-electron chi connectivity index (χ1n) is 10.1. The molecule has 1 amide bonds. The van der Waals surface area contributed by atoms with Crippen molar-refractivity contribution >= 4 is 17.2 Å². The van der Waals surface area contributed by atoms with Crippen molar-refractivity contribution in [3.05, 3.63) is 52.0 Å². The second-order valence-electron chi connectivity index (χ2n) is 7.79. The van der Waals surface area contributed by atoms with Crippen LogP contribution in [0.25, 0.3) is 0 Å². The molecule has 4 rings (SSSR count). The van der Waals surface area contributed by atoms with Gasteiger partial charge in [0.1, 0.15) is 18.2 Å². The Bertz CT molecular complexity index is 811. The van der Waals surface area contributed by atoms with Gasteiger partial charge in [-0.15, -0.1) is 11.3 Å². The maximum atomic E-state index is 14.7. The van der Waals surface area contributed by atoms with E-state index in [1.807, 2.05) is 22.4 Å². The van der Waals surface area contributed by atoms with Crippen LogP contribution in [0.2, 0.25) is 0 Å². The van der Waals surface area contributed by atoms with Crippen LogP contribution in [0.5, 0.6) is 5.75 Å². The molecule has 28 heavy (non-hydrogen) atoms. The van der Waals surface area contributed by atoms with Crippen LogP contribution in [-0.2, 0) is 6.61 Å². The van der Waals surface area contributed by atoms with Crippen LogP contribution in [0.15, 0.2) is 35.7 Å². The van der Waals surface area contributed by atoms with E-state index in [9.17, 15) is 9.18 Å². The maximum absolute atomic E-state index is 14.7. The second-order valence-corrected chi connectivity index (χ2v) is 8.82. The number of carbonyl (C=O) groups excluding carboxylic acids is 1. The molecule has 0 aliphatic carbocycles. The van der Waals surface area contributed by atoms with Gasteiger partial charge in [0.25, 0.3) is 5.91 Å². The van der Waals surface area contributed by atoms with E-state index in [-0.39, 0.29) is 17.5 Å². The van der Waals surface area contributed by atoms with Gasteiger partial charge in [0.2, 0.25) is 0 Å². The van der Waals surface area contributed by atoms with E-state index >= 15 is 0 Å². The molecule has 6 heteroatoms. The number of thiophene rings is 1. The Labute approximate surface area is 169 Å². The number of hydrogen-bond donors (Lipinski definition) is 0. The van der Waals surface area contributed by atoms with Gasteiger partial charge >= 0.3 is 0 Å². The molecule has 3 heterocycles. The Hall–Kier alpha value is -1.92. The number of amides is 1. The van der Waals surface area contributed by atoms with E-state index in [0.29, 0.717) is 24.9 Å². The third kappa shape index (κ3) is 4.23. The van der Waals surface area contributed by atoms with Crippen molar-refractivity contribution in [2.45, 2.75) is 51.3 Å². The van der Waals surface area contributed by atoms with E-state index in [0.717, 1.165) is 30.8 Å². The summed E-state index contributed by atoms with van der Waals surface area (Å²) < 4.78 is 20.3. The molecule has 2 aliphatic rings. The monoisotopic (exact) mass is 402 g/mol. The van der Waals surface area contributed by atoms with E-state index in [4.69, 9.17) is 4.74 Å². The molecule has 4 nitrogen and oxygen atoms in total. The van der Waals surface area contributed by atoms with E-state index in [1.54, 1.807) is 23.5 Å². The zero-order valence-electron chi connectivity index (χ0n) is 16.3. The molecule has 2 fully saturated rings. The standard InChI is InChI=1S/C22H27FN2O2S/c1-16-5-2-10-24(16)14-17-6-3-11-25(17)22(26)20-9-8-18(13-21(20)23)27-15-19-7-4-12-28-19/h4,7-9,12-13,16-17H,2-3,5-6,10-11,14-15H2,1H3/t16-,17?/m0/s1. The van der Waals surface area contributed by atoms with Crippen molar-refractivity contribution in [2.75, 3.05) is 19.6 Å². The minimum Gasteiger partial charge on any atom is -0.488 e. The van der Waals surface area contributed by atoms with Gasteiger partial charge in [-0.25, -0.2) is 4.39 Å². The summed E-state index contributed by atoms with van der Waals surface area (Å²) in [5.41, 5.74) is 0.143. The lowest BCUT2D eigenvalue weighted by Gasteiger charge is -2.31. The van der Waals surface area contributed by atoms with Crippen LogP contribution in [0.3, 0.4) is 0 Å². The molecule has 0 spiro atoms. The normalized spacial score (nSPS) is 22.7. The zero-order valence-corrected chi connectivity index (χ0v) is 17.1. The van der Waals surface area contributed by atoms with Crippen LogP contribution in [0, 0.1) is 5.82 Å². The van der Waals surface area contributed by atoms with Gasteiger partial charge in [-0.2, -0.15) is 0 Å². The van der Waals surface area contributed by atoms with Crippen LogP contribution in [0.4, 0.5) is 4.39 Å². The third-order valence-electron chi connectivity index (χ3n) is 5.91. The average molecular weight is 403 g/mol. The summed E-state index contributed by atoms with van der Waals surface area (Å²) in [7, 11) is 0. The molecule has 1 unspecified atom stereocenters. The number of ether oxygens (including phenoxy) is 1. The maximum Gasteiger partial charge on any atom is 0.257 e. The topological polar surface area (TPSA) is 32.8 Å². The Morgan fingerprint density at radius 2 is 2.11 bits per heavy atom. The van der Waals surface area contributed by atoms with Crippen LogP contribution in [-0.4, -0.2) is 47.4 Å². The molecule has 1 aromatic carbocycles. The number of hydrogen-bond acceptors (Lipinski definition) is 4. The molecule has 0 N–H and O–H groups in total. The number of nitrogens with zero attached hydrogens (tertiary/aromatic N) is 2. The summed E-state index contributed by atoms with van der Waals surface area (Å²) >= 11 is 1.60. The van der Waals surface area contributed by atoms with Gasteiger partial charge in [0, 0.05) is 36.1 Å². The molecule has 0 radical (unpaired) electrons. The Morgan fingerprint density at radius 3 is 2.82 bits per heavy atom. The summed E-state index contributed by atoms with van der Waals surface area (Å²) in [5, 5.41) is 1.98. The fourth-order valence-corrected chi connectivity index (χ4v) is 4.91. The highest BCUT2D eigenvalue weighted by atomic mass is 32.1. The minimum atomic E-state index is -0.506. The van der Waals surface area contributed by atoms with Crippen molar-refractivity contribution in [3.63, 3.8) is 0 Å². The van der Waals surface area contributed by atoms with Crippen LogP contribution >= 0.6 is 11.3 Å². The summed E-state index contributed by atoms with van der Waals surface area (Å²) in [5.74, 6) is -0.253. The van der Waals surface area contributed by atoms with Crippen LogP contribution < -0.4 is 4.74 Å². The molecule has 0 bridgehead atoms. The largest absolute Gasteiger partial charge is 0.488 e. The predicted octanol–water partition coefficient (Wildman–Crippen LogP) is 4.56. The van der Waals surface area contributed by atoms with Gasteiger partial charge in [0.05, 0.1) is 5.56 Å². The Balaban J connectivity index is 1.41. The van der Waals surface area contributed by atoms with E-state index in [2.05, 4.69) is 11.8 Å². The SMILES string of the molecule is C[C@H]1CCCN1CC1CCCN1C(=O)c1ccc(OCc2cccs2)cc1F. The average Bonchev–Trinajstić information content (AvgIpc) is 3.43. The first-order valence-corrected chi connectivity index (χ1v) is 11.0. The van der Waals surface area contributed by atoms with Gasteiger partial charge in [-0.1, -0.05) is 6.07 Å². The van der Waals surface area contributed by atoms with Gasteiger partial charge in [0.15, 0.2) is 0 Å². The molecular weight excluding hydrogens is 375 g/mol. The number of benzene rings is 1. The van der Waals surface area contributed by atoms with Crippen molar-refractivity contribution in [2.24, 2.45) is 0 Å². The fraction of sp³-hybridized carbons (Fsp3) is 0.500. The van der Waals surface area contributed by atoms with Crippen LogP contribution in [0.1, 0.15) is 47.8 Å². The van der Waals surface area contributed by atoms with Gasteiger partial charge in [-0.05, 0) is 62.7 Å². The summed E-state index contributed by atoms with van der Waals surface area (Å²) in [6, 6.07) is 9.28. The van der Waals surface area contributed by atoms with Gasteiger partial charge in [-0.3, -0.25) is 9.69 Å². The molecule has 0 saturated carbocycles. The molecule has 150 valence electrons. The highest BCUT2D eigenvalue weighted by Gasteiger charge is 2.33. The number of likely N-dealkylation sites (tertiary alicyclic amines) is 2. The Kier molecular flexibility index (Phi) is 5.97. The second kappa shape index (κ2) is 8.62. The number of carbonyl (C=O) groups is 1. The van der Waals surface area contributed by atoms with E-state index < -0.39 is 5.82 Å². The summed E-state index contributed by atoms with van der Waals surface area (Å²) in [4.78, 5) is 18.4.